The number of sulfonamides is 1. The minimum atomic E-state index is -4.29. The van der Waals surface area contributed by atoms with Crippen molar-refractivity contribution in [1.29, 1.82) is 0 Å². The molecule has 1 N–H and O–H groups in total. The lowest BCUT2D eigenvalue weighted by Crippen LogP contribution is -2.56. The average Bonchev–Trinajstić information content (AvgIpc) is 3.04. The molecule has 4 aromatic rings. The highest BCUT2D eigenvalue weighted by molar-refractivity contribution is 7.92. The van der Waals surface area contributed by atoms with E-state index in [0.717, 1.165) is 9.87 Å². The molecule has 11 heteroatoms. The van der Waals surface area contributed by atoms with Crippen LogP contribution in [0, 0.1) is 0 Å². The van der Waals surface area contributed by atoms with E-state index < -0.39 is 34.1 Å². The van der Waals surface area contributed by atoms with Gasteiger partial charge in [-0.1, -0.05) is 60.1 Å². The van der Waals surface area contributed by atoms with Gasteiger partial charge in [0.15, 0.2) is 0 Å². The van der Waals surface area contributed by atoms with Gasteiger partial charge >= 0.3 is 0 Å². The highest BCUT2D eigenvalue weighted by Crippen LogP contribution is 2.28. The third kappa shape index (κ3) is 9.49. The fraction of sp³-hybridized carbons (Fsp3) is 0.278. The van der Waals surface area contributed by atoms with Crippen molar-refractivity contribution >= 4 is 39.1 Å². The molecule has 9 nitrogen and oxygen atoms in total. The average molecular weight is 678 g/mol. The molecular weight excluding hydrogens is 638 g/mol. The molecular formula is C36H40ClN3O6S. The molecule has 0 radical (unpaired) electrons. The van der Waals surface area contributed by atoms with Crippen molar-refractivity contribution in [1.82, 2.24) is 10.2 Å². The summed E-state index contributed by atoms with van der Waals surface area (Å²) in [6, 6.07) is 27.8. The van der Waals surface area contributed by atoms with Gasteiger partial charge in [0.25, 0.3) is 10.0 Å². The first-order valence-corrected chi connectivity index (χ1v) is 16.8. The number of halogens is 1. The van der Waals surface area contributed by atoms with Gasteiger partial charge in [-0.25, -0.2) is 8.42 Å². The summed E-state index contributed by atoms with van der Waals surface area (Å²) in [5.41, 5.74) is 1.14. The number of ether oxygens (including phenoxy) is 2. The highest BCUT2D eigenvalue weighted by Gasteiger charge is 2.35. The van der Waals surface area contributed by atoms with Crippen molar-refractivity contribution in [2.45, 2.75) is 50.2 Å². The van der Waals surface area contributed by atoms with Crippen LogP contribution in [0.25, 0.3) is 0 Å². The minimum absolute atomic E-state index is 0.0110. The van der Waals surface area contributed by atoms with E-state index >= 15 is 0 Å². The highest BCUT2D eigenvalue weighted by atomic mass is 35.5. The number of benzene rings is 4. The summed E-state index contributed by atoms with van der Waals surface area (Å²) in [4.78, 5) is 30.0. The molecule has 0 fully saturated rings. The van der Waals surface area contributed by atoms with Crippen LogP contribution in [0.1, 0.15) is 31.9 Å². The number of anilines is 1. The third-order valence-electron chi connectivity index (χ3n) is 7.28. The predicted octanol–water partition coefficient (Wildman–Crippen LogP) is 6.11. The molecule has 0 aromatic heterocycles. The molecule has 248 valence electrons. The SMILES string of the molecule is COc1ccc(S(=O)(=O)N(CC(=O)N(Cc2cccc(OC)c2)[C@@H](Cc2ccccc2)C(=O)NC(C)(C)C)c2cccc(Cl)c2)cc1. The molecule has 0 aliphatic rings. The number of nitrogens with zero attached hydrogens (tertiary/aromatic N) is 2. The molecule has 47 heavy (non-hydrogen) atoms. The van der Waals surface area contributed by atoms with E-state index in [4.69, 9.17) is 21.1 Å². The summed E-state index contributed by atoms with van der Waals surface area (Å²) in [6.07, 6.45) is 0.195. The Morgan fingerprint density at radius 1 is 0.809 bits per heavy atom. The lowest BCUT2D eigenvalue weighted by atomic mass is 10.0. The zero-order valence-electron chi connectivity index (χ0n) is 27.1. The first-order chi connectivity index (χ1) is 22.3. The number of carbonyl (C=O) groups is 2. The van der Waals surface area contributed by atoms with E-state index in [2.05, 4.69) is 5.32 Å². The van der Waals surface area contributed by atoms with Gasteiger partial charge in [-0.3, -0.25) is 13.9 Å². The summed E-state index contributed by atoms with van der Waals surface area (Å²) in [5, 5.41) is 3.32. The molecule has 0 saturated carbocycles. The molecule has 0 aliphatic heterocycles. The van der Waals surface area contributed by atoms with Gasteiger partial charge in [-0.05, 0) is 86.5 Å². The quantitative estimate of drug-likeness (QED) is 0.183. The van der Waals surface area contributed by atoms with Crippen LogP contribution in [0.3, 0.4) is 0 Å². The van der Waals surface area contributed by atoms with Gasteiger partial charge in [0.2, 0.25) is 11.8 Å². The minimum Gasteiger partial charge on any atom is -0.497 e. The van der Waals surface area contributed by atoms with E-state index in [-0.39, 0.29) is 29.5 Å². The summed E-state index contributed by atoms with van der Waals surface area (Å²) < 4.78 is 40.0. The second kappa shape index (κ2) is 15.4. The Labute approximate surface area is 282 Å². The Bertz CT molecular complexity index is 1780. The molecule has 4 aromatic carbocycles. The monoisotopic (exact) mass is 677 g/mol. The number of methoxy groups -OCH3 is 2. The fourth-order valence-electron chi connectivity index (χ4n) is 5.01. The smallest absolute Gasteiger partial charge is 0.264 e. The molecule has 4 rings (SSSR count). The van der Waals surface area contributed by atoms with Gasteiger partial charge in [0, 0.05) is 23.5 Å². The Morgan fingerprint density at radius 2 is 1.45 bits per heavy atom. The molecule has 0 bridgehead atoms. The molecule has 2 amide bonds. The van der Waals surface area contributed by atoms with E-state index in [0.29, 0.717) is 22.1 Å². The van der Waals surface area contributed by atoms with Crippen LogP contribution < -0.4 is 19.1 Å². The number of hydrogen-bond donors (Lipinski definition) is 1. The normalized spacial score (nSPS) is 12.1. The molecule has 0 heterocycles. The van der Waals surface area contributed by atoms with Crippen LogP contribution in [-0.2, 0) is 32.6 Å². The van der Waals surface area contributed by atoms with Crippen LogP contribution in [0.5, 0.6) is 11.5 Å². The van der Waals surface area contributed by atoms with E-state index in [1.165, 1.54) is 42.3 Å². The largest absolute Gasteiger partial charge is 0.497 e. The maximum absolute atomic E-state index is 14.6. The van der Waals surface area contributed by atoms with E-state index in [1.54, 1.807) is 43.5 Å². The van der Waals surface area contributed by atoms with Crippen LogP contribution >= 0.6 is 11.6 Å². The predicted molar refractivity (Wildman–Crippen MR) is 184 cm³/mol. The molecule has 0 saturated heterocycles. The Balaban J connectivity index is 1.83. The lowest BCUT2D eigenvalue weighted by molar-refractivity contribution is -0.140. The second-order valence-corrected chi connectivity index (χ2v) is 14.3. The molecule has 0 aliphatic carbocycles. The fourth-order valence-corrected chi connectivity index (χ4v) is 6.60. The first-order valence-electron chi connectivity index (χ1n) is 15.0. The molecule has 0 spiro atoms. The summed E-state index contributed by atoms with van der Waals surface area (Å²) in [7, 11) is -1.26. The number of nitrogens with one attached hydrogen (secondary N) is 1. The van der Waals surface area contributed by atoms with Gasteiger partial charge in [0.1, 0.15) is 24.1 Å². The van der Waals surface area contributed by atoms with Crippen LogP contribution in [0.15, 0.2) is 108 Å². The van der Waals surface area contributed by atoms with E-state index in [1.807, 2.05) is 57.2 Å². The molecule has 1 atom stereocenters. The van der Waals surface area contributed by atoms with Crippen LogP contribution in [0.2, 0.25) is 5.02 Å². The number of rotatable bonds is 13. The maximum Gasteiger partial charge on any atom is 0.264 e. The van der Waals surface area contributed by atoms with Crippen molar-refractivity contribution < 1.29 is 27.5 Å². The van der Waals surface area contributed by atoms with Gasteiger partial charge in [-0.2, -0.15) is 0 Å². The van der Waals surface area contributed by atoms with Crippen molar-refractivity contribution in [2.24, 2.45) is 0 Å². The maximum atomic E-state index is 14.6. The van der Waals surface area contributed by atoms with E-state index in [9.17, 15) is 18.0 Å². The standard InChI is InChI=1S/C36H40ClN3O6S/c1-36(2,3)38-35(42)33(22-26-11-7-6-8-12-26)39(24-27-13-9-16-31(21-27)46-5)34(41)25-40(29-15-10-14-28(37)23-29)47(43,44)32-19-17-30(45-4)18-20-32/h6-21,23,33H,22,24-25H2,1-5H3,(H,38,42)/t33-/m0/s1. The van der Waals surface area contributed by atoms with Crippen LogP contribution in [0.4, 0.5) is 5.69 Å². The third-order valence-corrected chi connectivity index (χ3v) is 9.30. The zero-order valence-corrected chi connectivity index (χ0v) is 28.7. The zero-order chi connectivity index (χ0) is 34.2. The van der Waals surface area contributed by atoms with Gasteiger partial charge < -0.3 is 19.7 Å². The Kier molecular flexibility index (Phi) is 11.5. The molecule has 0 unspecified atom stereocenters. The van der Waals surface area contributed by atoms with Crippen molar-refractivity contribution in [2.75, 3.05) is 25.1 Å². The number of amides is 2. The Morgan fingerprint density at radius 3 is 2.06 bits per heavy atom. The second-order valence-electron chi connectivity index (χ2n) is 12.0. The first kappa shape index (κ1) is 35.3. The Hall–Kier alpha value is -4.54. The summed E-state index contributed by atoms with van der Waals surface area (Å²) in [5.74, 6) is 0.100. The summed E-state index contributed by atoms with van der Waals surface area (Å²) >= 11 is 6.31. The number of carbonyl (C=O) groups excluding carboxylic acids is 2. The van der Waals surface area contributed by atoms with Crippen molar-refractivity contribution in [3.63, 3.8) is 0 Å². The number of hydrogen-bond acceptors (Lipinski definition) is 6. The van der Waals surface area contributed by atoms with Crippen molar-refractivity contribution in [3.05, 3.63) is 119 Å². The van der Waals surface area contributed by atoms with Crippen molar-refractivity contribution in [3.8, 4) is 11.5 Å². The van der Waals surface area contributed by atoms with Gasteiger partial charge in [0.05, 0.1) is 24.8 Å². The lowest BCUT2D eigenvalue weighted by Gasteiger charge is -2.35. The summed E-state index contributed by atoms with van der Waals surface area (Å²) in [6.45, 7) is 4.99. The van der Waals surface area contributed by atoms with Crippen LogP contribution in [-0.4, -0.2) is 57.5 Å². The topological polar surface area (TPSA) is 105 Å². The van der Waals surface area contributed by atoms with Gasteiger partial charge in [-0.15, -0.1) is 0 Å².